The van der Waals surface area contributed by atoms with Crippen molar-refractivity contribution in [2.45, 2.75) is 45.6 Å². The Kier molecular flexibility index (Phi) is 6.66. The van der Waals surface area contributed by atoms with Crippen LogP contribution in [0.3, 0.4) is 0 Å². The molecule has 0 aliphatic carbocycles. The Morgan fingerprint density at radius 3 is 2.87 bits per heavy atom. The van der Waals surface area contributed by atoms with Crippen LogP contribution in [-0.4, -0.2) is 23.7 Å². The molecule has 0 N–H and O–H groups in total. The van der Waals surface area contributed by atoms with Gasteiger partial charge in [0.2, 0.25) is 0 Å². The largest absolute Gasteiger partial charge is 0.480 e. The molecule has 0 amide bonds. The molecule has 1 aromatic carbocycles. The number of esters is 1. The Hall–Kier alpha value is -1.81. The van der Waals surface area contributed by atoms with Crippen LogP contribution in [0.25, 0.3) is 10.9 Å². The first kappa shape index (κ1) is 17.5. The van der Waals surface area contributed by atoms with Crippen molar-refractivity contribution < 1.29 is 14.3 Å². The van der Waals surface area contributed by atoms with Crippen molar-refractivity contribution in [2.75, 3.05) is 6.61 Å². The minimum atomic E-state index is -0.355. The highest BCUT2D eigenvalue weighted by molar-refractivity contribution is 6.35. The van der Waals surface area contributed by atoms with Crippen molar-refractivity contribution in [3.05, 3.63) is 35.5 Å². The van der Waals surface area contributed by atoms with Gasteiger partial charge in [0.15, 0.2) is 6.61 Å². The second-order valence-electron chi connectivity index (χ2n) is 5.40. The number of hydrogen-bond acceptors (Lipinski definition) is 4. The lowest BCUT2D eigenvalue weighted by Crippen LogP contribution is -2.22. The first-order chi connectivity index (χ1) is 11.2. The highest BCUT2D eigenvalue weighted by Crippen LogP contribution is 2.29. The number of halogens is 1. The SMILES string of the molecule is CCCCC(CC)OC(=O)COc1ccc(Cl)c2cccnc12. The van der Waals surface area contributed by atoms with Gasteiger partial charge < -0.3 is 9.47 Å². The summed E-state index contributed by atoms with van der Waals surface area (Å²) in [4.78, 5) is 16.2. The highest BCUT2D eigenvalue weighted by atomic mass is 35.5. The van der Waals surface area contributed by atoms with Gasteiger partial charge in [-0.05, 0) is 37.1 Å². The van der Waals surface area contributed by atoms with E-state index in [1.54, 1.807) is 18.3 Å². The van der Waals surface area contributed by atoms with Crippen LogP contribution in [0.5, 0.6) is 5.75 Å². The van der Waals surface area contributed by atoms with Crippen molar-refractivity contribution in [3.63, 3.8) is 0 Å². The summed E-state index contributed by atoms with van der Waals surface area (Å²) in [7, 11) is 0. The molecule has 1 aromatic heterocycles. The van der Waals surface area contributed by atoms with Crippen molar-refractivity contribution in [1.82, 2.24) is 4.98 Å². The van der Waals surface area contributed by atoms with Crippen molar-refractivity contribution in [3.8, 4) is 5.75 Å². The van der Waals surface area contributed by atoms with Crippen LogP contribution in [0.4, 0.5) is 0 Å². The van der Waals surface area contributed by atoms with Crippen LogP contribution >= 0.6 is 11.6 Å². The molecule has 0 aliphatic heterocycles. The number of carbonyl (C=O) groups excluding carboxylic acids is 1. The van der Waals surface area contributed by atoms with E-state index in [2.05, 4.69) is 11.9 Å². The first-order valence-electron chi connectivity index (χ1n) is 8.01. The number of nitrogens with zero attached hydrogens (tertiary/aromatic N) is 1. The summed E-state index contributed by atoms with van der Waals surface area (Å²) in [5.41, 5.74) is 0.644. The van der Waals surface area contributed by atoms with Gasteiger partial charge in [-0.2, -0.15) is 0 Å². The number of aromatic nitrogens is 1. The third-order valence-corrected chi connectivity index (χ3v) is 3.99. The van der Waals surface area contributed by atoms with Crippen LogP contribution in [0.1, 0.15) is 39.5 Å². The van der Waals surface area contributed by atoms with E-state index in [-0.39, 0.29) is 18.7 Å². The van der Waals surface area contributed by atoms with Gasteiger partial charge >= 0.3 is 5.97 Å². The van der Waals surface area contributed by atoms with E-state index >= 15 is 0 Å². The lowest BCUT2D eigenvalue weighted by atomic mass is 10.1. The number of hydrogen-bond donors (Lipinski definition) is 0. The number of carbonyl (C=O) groups is 1. The molecule has 0 saturated carbocycles. The van der Waals surface area contributed by atoms with Gasteiger partial charge in [-0.15, -0.1) is 0 Å². The van der Waals surface area contributed by atoms with E-state index in [9.17, 15) is 4.79 Å². The Morgan fingerprint density at radius 1 is 1.30 bits per heavy atom. The molecule has 124 valence electrons. The first-order valence-corrected chi connectivity index (χ1v) is 8.39. The zero-order valence-corrected chi connectivity index (χ0v) is 14.3. The van der Waals surface area contributed by atoms with Crippen molar-refractivity contribution in [1.29, 1.82) is 0 Å². The number of unbranched alkanes of at least 4 members (excludes halogenated alkanes) is 1. The number of fused-ring (bicyclic) bond motifs is 1. The average Bonchev–Trinajstić information content (AvgIpc) is 2.58. The van der Waals surface area contributed by atoms with E-state index in [1.807, 2.05) is 19.1 Å². The second kappa shape index (κ2) is 8.73. The molecule has 1 heterocycles. The molecule has 5 heteroatoms. The standard InChI is InChI=1S/C18H22ClNO3/c1-3-5-7-13(4-2)23-17(21)12-22-16-10-9-15(19)14-8-6-11-20-18(14)16/h6,8-11,13H,3-5,7,12H2,1-2H3. The molecule has 0 fully saturated rings. The molecular formula is C18H22ClNO3. The molecule has 2 aromatic rings. The molecule has 2 rings (SSSR count). The van der Waals surface area contributed by atoms with Gasteiger partial charge in [0.25, 0.3) is 0 Å². The highest BCUT2D eigenvalue weighted by Gasteiger charge is 2.14. The molecule has 1 unspecified atom stereocenters. The van der Waals surface area contributed by atoms with Crippen molar-refractivity contribution >= 4 is 28.5 Å². The maximum Gasteiger partial charge on any atom is 0.344 e. The Morgan fingerprint density at radius 2 is 2.13 bits per heavy atom. The number of ether oxygens (including phenoxy) is 2. The van der Waals surface area contributed by atoms with Gasteiger partial charge in [-0.3, -0.25) is 4.98 Å². The summed E-state index contributed by atoms with van der Waals surface area (Å²) >= 11 is 6.14. The number of benzene rings is 1. The summed E-state index contributed by atoms with van der Waals surface area (Å²) in [6.45, 7) is 4.01. The fraction of sp³-hybridized carbons (Fsp3) is 0.444. The normalized spacial score (nSPS) is 12.1. The predicted molar refractivity (Wildman–Crippen MR) is 91.9 cm³/mol. The van der Waals surface area contributed by atoms with Crippen LogP contribution in [0, 0.1) is 0 Å². The van der Waals surface area contributed by atoms with Crippen molar-refractivity contribution in [2.24, 2.45) is 0 Å². The molecule has 23 heavy (non-hydrogen) atoms. The van der Waals surface area contributed by atoms with E-state index in [0.29, 0.717) is 16.3 Å². The molecule has 0 saturated heterocycles. The summed E-state index contributed by atoms with van der Waals surface area (Å²) in [6, 6.07) is 7.14. The minimum absolute atomic E-state index is 0.0360. The van der Waals surface area contributed by atoms with E-state index < -0.39 is 0 Å². The van der Waals surface area contributed by atoms with Crippen LogP contribution in [-0.2, 0) is 9.53 Å². The average molecular weight is 336 g/mol. The molecular weight excluding hydrogens is 314 g/mol. The summed E-state index contributed by atoms with van der Waals surface area (Å²) in [5.74, 6) is 0.176. The molecule has 0 aliphatic rings. The lowest BCUT2D eigenvalue weighted by Gasteiger charge is -2.16. The van der Waals surface area contributed by atoms with Crippen LogP contribution in [0.15, 0.2) is 30.5 Å². The Labute approximate surface area is 141 Å². The molecule has 4 nitrogen and oxygen atoms in total. The third-order valence-electron chi connectivity index (χ3n) is 3.66. The third kappa shape index (κ3) is 4.83. The lowest BCUT2D eigenvalue weighted by molar-refractivity contribution is -0.152. The zero-order chi connectivity index (χ0) is 16.7. The topological polar surface area (TPSA) is 48.4 Å². The molecule has 0 bridgehead atoms. The minimum Gasteiger partial charge on any atom is -0.480 e. The Bertz CT molecular complexity index is 660. The number of rotatable bonds is 8. The molecule has 0 radical (unpaired) electrons. The van der Waals surface area contributed by atoms with Gasteiger partial charge in [-0.25, -0.2) is 4.79 Å². The predicted octanol–water partition coefficient (Wildman–Crippen LogP) is 4.78. The smallest absolute Gasteiger partial charge is 0.344 e. The monoisotopic (exact) mass is 335 g/mol. The van der Waals surface area contributed by atoms with E-state index in [0.717, 1.165) is 31.1 Å². The summed E-state index contributed by atoms with van der Waals surface area (Å²) in [5, 5.41) is 1.41. The summed E-state index contributed by atoms with van der Waals surface area (Å²) in [6.07, 6.45) is 5.49. The van der Waals surface area contributed by atoms with Gasteiger partial charge in [0.1, 0.15) is 17.4 Å². The van der Waals surface area contributed by atoms with Crippen LogP contribution in [0.2, 0.25) is 5.02 Å². The van der Waals surface area contributed by atoms with Crippen LogP contribution < -0.4 is 4.74 Å². The fourth-order valence-corrected chi connectivity index (χ4v) is 2.58. The molecule has 0 spiro atoms. The van der Waals surface area contributed by atoms with E-state index in [1.165, 1.54) is 0 Å². The van der Waals surface area contributed by atoms with Gasteiger partial charge in [0.05, 0.1) is 5.02 Å². The van der Waals surface area contributed by atoms with Gasteiger partial charge in [0, 0.05) is 11.6 Å². The quantitative estimate of drug-likeness (QED) is 0.651. The zero-order valence-electron chi connectivity index (χ0n) is 13.5. The fourth-order valence-electron chi connectivity index (χ4n) is 2.36. The second-order valence-corrected chi connectivity index (χ2v) is 5.80. The number of pyridine rings is 1. The van der Waals surface area contributed by atoms with Gasteiger partial charge in [-0.1, -0.05) is 38.3 Å². The molecule has 1 atom stereocenters. The maximum atomic E-state index is 12.0. The Balaban J connectivity index is 1.98. The summed E-state index contributed by atoms with van der Waals surface area (Å²) < 4.78 is 11.0. The maximum absolute atomic E-state index is 12.0. The van der Waals surface area contributed by atoms with E-state index in [4.69, 9.17) is 21.1 Å².